The van der Waals surface area contributed by atoms with Crippen LogP contribution in [0.5, 0.6) is 0 Å². The maximum atomic E-state index is 14.2. The number of anilines is 1. The number of rotatable bonds is 2. The van der Waals surface area contributed by atoms with Gasteiger partial charge >= 0.3 is 5.69 Å². The molecule has 0 aromatic carbocycles. The van der Waals surface area contributed by atoms with E-state index in [1.807, 2.05) is 0 Å². The molecule has 0 radical (unpaired) electrons. The molecule has 2 fully saturated rings. The highest BCUT2D eigenvalue weighted by molar-refractivity contribution is 5.31. The number of hydrogen-bond donors (Lipinski definition) is 3. The zero-order valence-electron chi connectivity index (χ0n) is 9.86. The molecule has 104 valence electrons. The molecule has 3 rings (SSSR count). The number of aliphatic hydroxyl groups is 2. The van der Waals surface area contributed by atoms with Crippen molar-refractivity contribution < 1.29 is 24.1 Å². The van der Waals surface area contributed by atoms with Gasteiger partial charge in [0.1, 0.15) is 11.9 Å². The monoisotopic (exact) mass is 273 g/mol. The lowest BCUT2D eigenvalue weighted by molar-refractivity contribution is -0.204. The van der Waals surface area contributed by atoms with Gasteiger partial charge in [-0.1, -0.05) is 0 Å². The van der Waals surface area contributed by atoms with Crippen LogP contribution in [0.15, 0.2) is 17.1 Å². The van der Waals surface area contributed by atoms with Crippen LogP contribution in [-0.2, 0) is 9.47 Å². The maximum Gasteiger partial charge on any atom is 0.351 e. The molecule has 0 spiro atoms. The van der Waals surface area contributed by atoms with Crippen molar-refractivity contribution in [2.75, 3.05) is 12.8 Å². The van der Waals surface area contributed by atoms with Crippen LogP contribution in [-0.4, -0.2) is 50.5 Å². The van der Waals surface area contributed by atoms with Gasteiger partial charge < -0.3 is 25.4 Å². The van der Waals surface area contributed by atoms with Crippen molar-refractivity contribution in [2.24, 2.45) is 0 Å². The summed E-state index contributed by atoms with van der Waals surface area (Å²) in [7, 11) is 1.17. The Labute approximate surface area is 106 Å². The van der Waals surface area contributed by atoms with E-state index in [1.54, 1.807) is 0 Å². The van der Waals surface area contributed by atoms with Crippen LogP contribution in [0.1, 0.15) is 6.23 Å². The third-order valence-electron chi connectivity index (χ3n) is 3.65. The zero-order chi connectivity index (χ0) is 14.0. The van der Waals surface area contributed by atoms with Crippen LogP contribution < -0.4 is 11.4 Å². The van der Waals surface area contributed by atoms with E-state index in [0.717, 1.165) is 4.57 Å². The summed E-state index contributed by atoms with van der Waals surface area (Å²) in [5.41, 5.74) is 2.32. The molecule has 9 heteroatoms. The molecule has 0 bridgehead atoms. The average molecular weight is 273 g/mol. The van der Waals surface area contributed by atoms with Crippen molar-refractivity contribution in [2.45, 2.75) is 29.9 Å². The van der Waals surface area contributed by atoms with Gasteiger partial charge in [0.05, 0.1) is 0 Å². The third kappa shape index (κ3) is 1.25. The molecule has 1 saturated carbocycles. The van der Waals surface area contributed by atoms with Crippen molar-refractivity contribution in [1.29, 1.82) is 0 Å². The van der Waals surface area contributed by atoms with Gasteiger partial charge in [0.25, 0.3) is 0 Å². The quantitative estimate of drug-likeness (QED) is 0.578. The van der Waals surface area contributed by atoms with E-state index in [4.69, 9.17) is 15.2 Å². The topological polar surface area (TPSA) is 120 Å². The van der Waals surface area contributed by atoms with E-state index in [-0.39, 0.29) is 5.82 Å². The van der Waals surface area contributed by atoms with Crippen LogP contribution in [0, 0.1) is 0 Å². The van der Waals surface area contributed by atoms with Crippen molar-refractivity contribution >= 4 is 5.82 Å². The molecule has 2 aliphatic rings. The van der Waals surface area contributed by atoms with Gasteiger partial charge in [-0.2, -0.15) is 4.98 Å². The smallest absolute Gasteiger partial charge is 0.351 e. The summed E-state index contributed by atoms with van der Waals surface area (Å²) < 4.78 is 25.1. The number of ether oxygens (including phenoxy) is 2. The number of nitrogens with zero attached hydrogens (tertiary/aromatic N) is 2. The summed E-state index contributed by atoms with van der Waals surface area (Å²) in [4.78, 5) is 15.0. The van der Waals surface area contributed by atoms with Gasteiger partial charge in [0.15, 0.2) is 18.0 Å². The first-order valence-corrected chi connectivity index (χ1v) is 5.50. The average Bonchev–Trinajstić information content (AvgIpc) is 2.73. The molecule has 1 unspecified atom stereocenters. The Hall–Kier alpha value is -1.55. The lowest BCUT2D eigenvalue weighted by atomic mass is 10.2. The Morgan fingerprint density at radius 3 is 2.89 bits per heavy atom. The van der Waals surface area contributed by atoms with Gasteiger partial charge in [0, 0.05) is 13.3 Å². The summed E-state index contributed by atoms with van der Waals surface area (Å²) >= 11 is 0. The molecule has 0 amide bonds. The molecule has 19 heavy (non-hydrogen) atoms. The molecule has 1 aromatic rings. The van der Waals surface area contributed by atoms with E-state index in [2.05, 4.69) is 4.98 Å². The van der Waals surface area contributed by atoms with E-state index in [9.17, 15) is 19.4 Å². The first-order valence-electron chi connectivity index (χ1n) is 5.50. The number of hydrogen-bond acceptors (Lipinski definition) is 7. The van der Waals surface area contributed by atoms with Crippen molar-refractivity contribution in [1.82, 2.24) is 9.55 Å². The van der Waals surface area contributed by atoms with Gasteiger partial charge in [-0.3, -0.25) is 4.57 Å². The van der Waals surface area contributed by atoms with Crippen LogP contribution in [0.2, 0.25) is 0 Å². The highest BCUT2D eigenvalue weighted by atomic mass is 19.1. The van der Waals surface area contributed by atoms with E-state index < -0.39 is 35.6 Å². The Morgan fingerprint density at radius 1 is 1.68 bits per heavy atom. The SMILES string of the molecule is CO[C@]12O[C@@H](n3ccc(N)nc3=O)[C@H](F)[C@]1(O)C2O. The fourth-order valence-corrected chi connectivity index (χ4v) is 2.51. The number of halogens is 1. The van der Waals surface area contributed by atoms with Crippen molar-refractivity contribution in [3.05, 3.63) is 22.7 Å². The van der Waals surface area contributed by atoms with E-state index in [1.165, 1.54) is 19.4 Å². The molecule has 1 aromatic heterocycles. The molecule has 4 N–H and O–H groups in total. The second-order valence-electron chi connectivity index (χ2n) is 4.55. The highest BCUT2D eigenvalue weighted by Crippen LogP contribution is 2.63. The van der Waals surface area contributed by atoms with E-state index in [0.29, 0.717) is 0 Å². The number of aromatic nitrogens is 2. The zero-order valence-corrected chi connectivity index (χ0v) is 9.86. The van der Waals surface area contributed by atoms with Gasteiger partial charge in [0.2, 0.25) is 5.79 Å². The van der Waals surface area contributed by atoms with Gasteiger partial charge in [-0.25, -0.2) is 9.18 Å². The molecule has 1 aliphatic carbocycles. The van der Waals surface area contributed by atoms with Crippen molar-refractivity contribution in [3.8, 4) is 0 Å². The van der Waals surface area contributed by atoms with E-state index >= 15 is 0 Å². The number of nitrogens with two attached hydrogens (primary N) is 1. The van der Waals surface area contributed by atoms with Crippen LogP contribution in [0.25, 0.3) is 0 Å². The normalized spacial score (nSPS) is 44.1. The van der Waals surface area contributed by atoms with Crippen LogP contribution in [0.4, 0.5) is 10.2 Å². The first kappa shape index (κ1) is 12.5. The Morgan fingerprint density at radius 2 is 2.37 bits per heavy atom. The Kier molecular flexibility index (Phi) is 2.31. The molecular formula is C10H12FN3O5. The number of fused-ring (bicyclic) bond motifs is 1. The largest absolute Gasteiger partial charge is 0.384 e. The fraction of sp³-hybridized carbons (Fsp3) is 0.600. The minimum absolute atomic E-state index is 0.0139. The van der Waals surface area contributed by atoms with Gasteiger partial charge in [-0.15, -0.1) is 0 Å². The summed E-state index contributed by atoms with van der Waals surface area (Å²) in [6.45, 7) is 0. The predicted octanol–water partition coefficient (Wildman–Crippen LogP) is -1.86. The molecule has 1 aliphatic heterocycles. The minimum Gasteiger partial charge on any atom is -0.384 e. The van der Waals surface area contributed by atoms with Gasteiger partial charge in [-0.05, 0) is 6.07 Å². The Balaban J connectivity index is 2.00. The summed E-state index contributed by atoms with van der Waals surface area (Å²) in [5.74, 6) is -1.86. The lowest BCUT2D eigenvalue weighted by Crippen LogP contribution is -2.38. The molecule has 1 saturated heterocycles. The number of aliphatic hydroxyl groups excluding tert-OH is 1. The summed E-state index contributed by atoms with van der Waals surface area (Å²) in [6, 6.07) is 1.29. The second-order valence-corrected chi connectivity index (χ2v) is 4.55. The lowest BCUT2D eigenvalue weighted by Gasteiger charge is -2.21. The summed E-state index contributed by atoms with van der Waals surface area (Å²) in [5, 5.41) is 19.5. The highest BCUT2D eigenvalue weighted by Gasteiger charge is 2.90. The Bertz CT molecular complexity index is 591. The number of nitrogen functional groups attached to an aromatic ring is 1. The standard InChI is InChI=1S/C10H12FN3O5/c1-18-10-7(15)9(10,17)5(11)6(19-10)14-3-2-4(12)13-8(14)16/h2-3,5-7,15,17H,1H3,(H2,12,13,16)/t5-,6+,7?,9-,10+/m0/s1. The third-order valence-corrected chi connectivity index (χ3v) is 3.65. The van der Waals surface area contributed by atoms with Crippen LogP contribution in [0.3, 0.4) is 0 Å². The van der Waals surface area contributed by atoms with Crippen LogP contribution >= 0.6 is 0 Å². The number of alkyl halides is 1. The molecular weight excluding hydrogens is 261 g/mol. The van der Waals surface area contributed by atoms with Crippen molar-refractivity contribution in [3.63, 3.8) is 0 Å². The predicted molar refractivity (Wildman–Crippen MR) is 58.6 cm³/mol. The number of methoxy groups -OCH3 is 1. The molecule has 2 heterocycles. The summed E-state index contributed by atoms with van der Waals surface area (Å²) in [6.07, 6.45) is -3.78. The maximum absolute atomic E-state index is 14.2. The minimum atomic E-state index is -2.19. The second kappa shape index (κ2) is 3.51. The molecule has 8 nitrogen and oxygen atoms in total. The fourth-order valence-electron chi connectivity index (χ4n) is 2.51. The molecule has 5 atom stereocenters. The first-order chi connectivity index (χ1) is 8.88.